The molecule has 0 heterocycles. The number of hydrogen-bond donors (Lipinski definition) is 1. The smallest absolute Gasteiger partial charge is 0.321 e. The number of sulfone groups is 1. The summed E-state index contributed by atoms with van der Waals surface area (Å²) in [5.41, 5.74) is -0.206. The van der Waals surface area contributed by atoms with Gasteiger partial charge in [-0.05, 0) is 36.4 Å². The van der Waals surface area contributed by atoms with Crippen LogP contribution in [0.4, 0.5) is 18.9 Å². The first-order valence-electron chi connectivity index (χ1n) is 6.00. The van der Waals surface area contributed by atoms with Crippen molar-refractivity contribution in [3.05, 3.63) is 59.9 Å². The Bertz CT molecular complexity index is 789. The fourth-order valence-electron chi connectivity index (χ4n) is 1.71. The largest absolute Gasteiger partial charge is 0.341 e. The molecule has 2 aromatic rings. The first-order valence-corrected chi connectivity index (χ1v) is 7.55. The van der Waals surface area contributed by atoms with Crippen molar-refractivity contribution in [2.24, 2.45) is 0 Å². The fourth-order valence-corrected chi connectivity index (χ4v) is 2.60. The highest BCUT2D eigenvalue weighted by atomic mass is 32.2. The summed E-state index contributed by atoms with van der Waals surface area (Å²) in [6, 6.07) is 9.31. The third-order valence-electron chi connectivity index (χ3n) is 2.78. The van der Waals surface area contributed by atoms with Crippen LogP contribution in [-0.4, -0.2) is 20.1 Å². The van der Waals surface area contributed by atoms with E-state index < -0.39 is 32.2 Å². The SMILES string of the molecule is O=C(Nc1ccccc1S(=O)(=O)C(F)F)c1ccc(F)cc1. The lowest BCUT2D eigenvalue weighted by Crippen LogP contribution is -2.17. The number of halogens is 3. The normalized spacial score (nSPS) is 11.5. The van der Waals surface area contributed by atoms with Crippen LogP contribution in [0.3, 0.4) is 0 Å². The van der Waals surface area contributed by atoms with Crippen molar-refractivity contribution in [1.82, 2.24) is 0 Å². The lowest BCUT2D eigenvalue weighted by Gasteiger charge is -2.11. The lowest BCUT2D eigenvalue weighted by atomic mass is 10.2. The minimum atomic E-state index is -4.85. The van der Waals surface area contributed by atoms with Crippen LogP contribution >= 0.6 is 0 Å². The molecule has 2 rings (SSSR count). The van der Waals surface area contributed by atoms with Crippen molar-refractivity contribution >= 4 is 21.4 Å². The summed E-state index contributed by atoms with van der Waals surface area (Å²) < 4.78 is 61.2. The summed E-state index contributed by atoms with van der Waals surface area (Å²) in [6.45, 7) is 0. The molecule has 0 fully saturated rings. The summed E-state index contributed by atoms with van der Waals surface area (Å²) in [5, 5.41) is 2.23. The van der Waals surface area contributed by atoms with Gasteiger partial charge in [-0.1, -0.05) is 12.1 Å². The second kappa shape index (κ2) is 6.18. The average molecular weight is 329 g/mol. The number of nitrogens with one attached hydrogen (secondary N) is 1. The number of rotatable bonds is 4. The van der Waals surface area contributed by atoms with Crippen molar-refractivity contribution in [3.8, 4) is 0 Å². The van der Waals surface area contributed by atoms with Gasteiger partial charge < -0.3 is 5.32 Å². The zero-order valence-corrected chi connectivity index (χ0v) is 11.8. The summed E-state index contributed by atoms with van der Waals surface area (Å²) >= 11 is 0. The number of amides is 1. The van der Waals surface area contributed by atoms with Gasteiger partial charge >= 0.3 is 5.76 Å². The number of hydrogen-bond acceptors (Lipinski definition) is 3. The molecule has 0 unspecified atom stereocenters. The molecule has 0 bridgehead atoms. The molecule has 0 atom stereocenters. The molecule has 116 valence electrons. The number of anilines is 1. The Morgan fingerprint density at radius 2 is 1.59 bits per heavy atom. The molecule has 0 saturated heterocycles. The van der Waals surface area contributed by atoms with Crippen LogP contribution in [0.2, 0.25) is 0 Å². The zero-order chi connectivity index (χ0) is 16.3. The molecule has 0 radical (unpaired) electrons. The van der Waals surface area contributed by atoms with E-state index in [2.05, 4.69) is 5.32 Å². The Balaban J connectivity index is 2.35. The van der Waals surface area contributed by atoms with Crippen LogP contribution < -0.4 is 5.32 Å². The van der Waals surface area contributed by atoms with E-state index in [1.165, 1.54) is 30.3 Å². The highest BCUT2D eigenvalue weighted by Gasteiger charge is 2.29. The van der Waals surface area contributed by atoms with Crippen molar-refractivity contribution in [1.29, 1.82) is 0 Å². The fraction of sp³-hybridized carbons (Fsp3) is 0.0714. The highest BCUT2D eigenvalue weighted by molar-refractivity contribution is 7.91. The molecule has 0 aliphatic heterocycles. The molecule has 0 aliphatic rings. The Kier molecular flexibility index (Phi) is 4.51. The maximum absolute atomic E-state index is 12.8. The lowest BCUT2D eigenvalue weighted by molar-refractivity contribution is 0.102. The molecular formula is C14H10F3NO3S. The average Bonchev–Trinajstić information content (AvgIpc) is 2.48. The van der Waals surface area contributed by atoms with E-state index in [-0.39, 0.29) is 11.3 Å². The second-order valence-electron chi connectivity index (χ2n) is 4.26. The van der Waals surface area contributed by atoms with Crippen LogP contribution in [0.5, 0.6) is 0 Å². The molecule has 4 nitrogen and oxygen atoms in total. The van der Waals surface area contributed by atoms with E-state index in [4.69, 9.17) is 0 Å². The van der Waals surface area contributed by atoms with Gasteiger partial charge in [-0.25, -0.2) is 12.8 Å². The first kappa shape index (κ1) is 16.0. The number of para-hydroxylation sites is 1. The predicted molar refractivity (Wildman–Crippen MR) is 74.0 cm³/mol. The van der Waals surface area contributed by atoms with Gasteiger partial charge in [0.25, 0.3) is 5.91 Å². The maximum Gasteiger partial charge on any atom is 0.341 e. The molecule has 8 heteroatoms. The molecule has 0 aromatic heterocycles. The topological polar surface area (TPSA) is 63.2 Å². The van der Waals surface area contributed by atoms with Crippen LogP contribution in [0, 0.1) is 5.82 Å². The van der Waals surface area contributed by atoms with Gasteiger partial charge in [0.2, 0.25) is 9.84 Å². The van der Waals surface area contributed by atoms with E-state index in [0.717, 1.165) is 18.2 Å². The first-order chi connectivity index (χ1) is 10.3. The van der Waals surface area contributed by atoms with Crippen LogP contribution in [0.25, 0.3) is 0 Å². The van der Waals surface area contributed by atoms with Gasteiger partial charge in [0.05, 0.1) is 10.6 Å². The summed E-state index contributed by atoms with van der Waals surface area (Å²) in [4.78, 5) is 11.3. The molecule has 0 spiro atoms. The number of carbonyl (C=O) groups is 1. The van der Waals surface area contributed by atoms with Crippen LogP contribution in [0.15, 0.2) is 53.4 Å². The molecule has 2 aromatic carbocycles. The Labute approximate surface area is 124 Å². The van der Waals surface area contributed by atoms with Gasteiger partial charge in [0.1, 0.15) is 5.82 Å². The molecular weight excluding hydrogens is 319 g/mol. The molecule has 1 N–H and O–H groups in total. The summed E-state index contributed by atoms with van der Waals surface area (Å²) in [5.74, 6) is -4.88. The Hall–Kier alpha value is -2.35. The van der Waals surface area contributed by atoms with Gasteiger partial charge in [-0.3, -0.25) is 4.79 Å². The van der Waals surface area contributed by atoms with Gasteiger partial charge in [0, 0.05) is 5.56 Å². The highest BCUT2D eigenvalue weighted by Crippen LogP contribution is 2.26. The van der Waals surface area contributed by atoms with Crippen molar-refractivity contribution in [2.75, 3.05) is 5.32 Å². The van der Waals surface area contributed by atoms with Gasteiger partial charge in [-0.2, -0.15) is 8.78 Å². The quantitative estimate of drug-likeness (QED) is 0.937. The minimum absolute atomic E-state index is 0.0608. The second-order valence-corrected chi connectivity index (χ2v) is 6.15. The van der Waals surface area contributed by atoms with E-state index in [1.54, 1.807) is 0 Å². The van der Waals surface area contributed by atoms with E-state index >= 15 is 0 Å². The summed E-state index contributed by atoms with van der Waals surface area (Å²) in [7, 11) is -4.85. The number of benzene rings is 2. The van der Waals surface area contributed by atoms with Crippen molar-refractivity contribution in [2.45, 2.75) is 10.7 Å². The Morgan fingerprint density at radius 3 is 2.18 bits per heavy atom. The van der Waals surface area contributed by atoms with E-state index in [0.29, 0.717) is 0 Å². The van der Waals surface area contributed by atoms with Crippen LogP contribution in [-0.2, 0) is 9.84 Å². The minimum Gasteiger partial charge on any atom is -0.321 e. The van der Waals surface area contributed by atoms with Crippen LogP contribution in [0.1, 0.15) is 10.4 Å². The van der Waals surface area contributed by atoms with Crippen molar-refractivity contribution < 1.29 is 26.4 Å². The third kappa shape index (κ3) is 3.28. The number of alkyl halides is 2. The van der Waals surface area contributed by atoms with Crippen molar-refractivity contribution in [3.63, 3.8) is 0 Å². The van der Waals surface area contributed by atoms with E-state index in [9.17, 15) is 26.4 Å². The number of carbonyl (C=O) groups excluding carboxylic acids is 1. The Morgan fingerprint density at radius 1 is 1.00 bits per heavy atom. The molecule has 0 saturated carbocycles. The maximum atomic E-state index is 12.8. The standard InChI is InChI=1S/C14H10F3NO3S/c15-10-7-5-9(6-8-10)13(19)18-11-3-1-2-4-12(11)22(20,21)14(16)17/h1-8,14H,(H,18,19). The predicted octanol–water partition coefficient (Wildman–Crippen LogP) is 3.07. The van der Waals surface area contributed by atoms with Gasteiger partial charge in [0.15, 0.2) is 0 Å². The molecule has 0 aliphatic carbocycles. The zero-order valence-electron chi connectivity index (χ0n) is 11.0. The third-order valence-corrected chi connectivity index (χ3v) is 4.22. The monoisotopic (exact) mass is 329 g/mol. The van der Waals surface area contributed by atoms with E-state index in [1.807, 2.05) is 0 Å². The molecule has 1 amide bonds. The molecule has 22 heavy (non-hydrogen) atoms. The summed E-state index contributed by atoms with van der Waals surface area (Å²) in [6.07, 6.45) is 0. The van der Waals surface area contributed by atoms with Gasteiger partial charge in [-0.15, -0.1) is 0 Å².